The molecule has 0 spiro atoms. The van der Waals surface area contributed by atoms with E-state index in [1.807, 2.05) is 13.0 Å². The standard InChI is InChI=1S/C12H18O3P/c1-3-4-10-12(2,13)16(14)15-11-8-6-5-7-9-11/h5-9,13H,3-4,10H2,1-2H3/q+1. The van der Waals surface area contributed by atoms with Crippen LogP contribution in [0, 0.1) is 0 Å². The first-order valence-corrected chi connectivity index (χ1v) is 6.67. The zero-order chi connectivity index (χ0) is 12.0. The summed E-state index contributed by atoms with van der Waals surface area (Å²) >= 11 is 0. The van der Waals surface area contributed by atoms with E-state index in [0.29, 0.717) is 12.2 Å². The smallest absolute Gasteiger partial charge is 0.346 e. The Kier molecular flexibility index (Phi) is 4.91. The molecule has 0 aliphatic carbocycles. The molecule has 1 rings (SSSR count). The second-order valence-corrected chi connectivity index (χ2v) is 5.64. The van der Waals surface area contributed by atoms with Crippen molar-refractivity contribution in [2.75, 3.05) is 0 Å². The molecule has 2 unspecified atom stereocenters. The van der Waals surface area contributed by atoms with Crippen molar-refractivity contribution in [3.05, 3.63) is 30.3 Å². The summed E-state index contributed by atoms with van der Waals surface area (Å²) in [6, 6.07) is 8.92. The molecule has 4 heteroatoms. The highest BCUT2D eigenvalue weighted by atomic mass is 31.1. The number of hydrogen-bond donors (Lipinski definition) is 1. The van der Waals surface area contributed by atoms with Crippen molar-refractivity contribution in [1.82, 2.24) is 0 Å². The van der Waals surface area contributed by atoms with Crippen molar-refractivity contribution in [2.24, 2.45) is 0 Å². The van der Waals surface area contributed by atoms with Crippen LogP contribution in [0.5, 0.6) is 5.75 Å². The molecule has 0 radical (unpaired) electrons. The number of unbranched alkanes of at least 4 members (excludes halogenated alkanes) is 1. The van der Waals surface area contributed by atoms with Crippen molar-refractivity contribution in [3.63, 3.8) is 0 Å². The minimum atomic E-state index is -2.11. The molecule has 0 saturated carbocycles. The predicted molar refractivity (Wildman–Crippen MR) is 64.8 cm³/mol. The lowest BCUT2D eigenvalue weighted by molar-refractivity contribution is 0.124. The first-order valence-electron chi connectivity index (χ1n) is 5.49. The van der Waals surface area contributed by atoms with E-state index in [0.717, 1.165) is 12.8 Å². The van der Waals surface area contributed by atoms with E-state index < -0.39 is 13.4 Å². The molecule has 0 saturated heterocycles. The fourth-order valence-electron chi connectivity index (χ4n) is 1.28. The maximum atomic E-state index is 11.8. The Morgan fingerprint density at radius 3 is 2.56 bits per heavy atom. The molecule has 0 fully saturated rings. The van der Waals surface area contributed by atoms with Gasteiger partial charge in [-0.2, -0.15) is 0 Å². The molecule has 0 aromatic heterocycles. The lowest BCUT2D eigenvalue weighted by Crippen LogP contribution is -2.20. The van der Waals surface area contributed by atoms with Gasteiger partial charge in [0.15, 0.2) is 5.75 Å². The first kappa shape index (κ1) is 13.1. The van der Waals surface area contributed by atoms with Crippen LogP contribution >= 0.6 is 8.03 Å². The summed E-state index contributed by atoms with van der Waals surface area (Å²) in [6.07, 6.45) is 2.29. The topological polar surface area (TPSA) is 46.5 Å². The second kappa shape index (κ2) is 5.97. The number of benzene rings is 1. The van der Waals surface area contributed by atoms with Crippen molar-refractivity contribution < 1.29 is 14.2 Å². The third kappa shape index (κ3) is 3.92. The molecule has 2 atom stereocenters. The molecule has 1 N–H and O–H groups in total. The van der Waals surface area contributed by atoms with Gasteiger partial charge in [0.25, 0.3) is 0 Å². The van der Waals surface area contributed by atoms with Crippen molar-refractivity contribution >= 4 is 8.03 Å². The molecule has 0 bridgehead atoms. The molecule has 3 nitrogen and oxygen atoms in total. The Balaban J connectivity index is 2.58. The van der Waals surface area contributed by atoms with Gasteiger partial charge in [-0.25, -0.2) is 0 Å². The highest BCUT2D eigenvalue weighted by Crippen LogP contribution is 2.41. The lowest BCUT2D eigenvalue weighted by Gasteiger charge is -2.09. The summed E-state index contributed by atoms with van der Waals surface area (Å²) in [5.74, 6) is 0.528. The van der Waals surface area contributed by atoms with Gasteiger partial charge < -0.3 is 5.11 Å². The maximum Gasteiger partial charge on any atom is 0.591 e. The van der Waals surface area contributed by atoms with Crippen LogP contribution in [-0.4, -0.2) is 10.4 Å². The zero-order valence-electron chi connectivity index (χ0n) is 9.72. The largest absolute Gasteiger partial charge is 0.591 e. The van der Waals surface area contributed by atoms with Crippen LogP contribution in [0.25, 0.3) is 0 Å². The van der Waals surface area contributed by atoms with Crippen LogP contribution in [0.1, 0.15) is 33.1 Å². The Labute approximate surface area is 97.3 Å². The summed E-state index contributed by atoms with van der Waals surface area (Å²) in [5.41, 5.74) is 0. The minimum absolute atomic E-state index is 0.492. The zero-order valence-corrected chi connectivity index (χ0v) is 10.6. The predicted octanol–water partition coefficient (Wildman–Crippen LogP) is 3.71. The van der Waals surface area contributed by atoms with E-state index in [2.05, 4.69) is 0 Å². The van der Waals surface area contributed by atoms with Crippen LogP contribution in [0.4, 0.5) is 0 Å². The number of aliphatic hydroxyl groups is 1. The Morgan fingerprint density at radius 2 is 2.00 bits per heavy atom. The van der Waals surface area contributed by atoms with Crippen molar-refractivity contribution in [2.45, 2.75) is 38.5 Å². The van der Waals surface area contributed by atoms with Gasteiger partial charge in [-0.1, -0.05) is 31.5 Å². The average molecular weight is 241 g/mol. The molecule has 0 heterocycles. The first-order chi connectivity index (χ1) is 7.56. The summed E-state index contributed by atoms with van der Waals surface area (Å²) in [7, 11) is -2.11. The van der Waals surface area contributed by atoms with Crippen LogP contribution in [-0.2, 0) is 4.57 Å². The summed E-state index contributed by atoms with van der Waals surface area (Å²) in [4.78, 5) is 0. The van der Waals surface area contributed by atoms with Crippen LogP contribution in [0.3, 0.4) is 0 Å². The maximum absolute atomic E-state index is 11.8. The molecule has 1 aromatic rings. The van der Waals surface area contributed by atoms with Gasteiger partial charge in [-0.15, -0.1) is 0 Å². The number of rotatable bonds is 6. The van der Waals surface area contributed by atoms with Gasteiger partial charge in [0, 0.05) is 13.3 Å². The van der Waals surface area contributed by atoms with Gasteiger partial charge in [0.1, 0.15) is 0 Å². The molecule has 0 aliphatic heterocycles. The summed E-state index contributed by atoms with van der Waals surface area (Å²) < 4.78 is 17.1. The second-order valence-electron chi connectivity index (χ2n) is 3.98. The Hall–Kier alpha value is -0.920. The lowest BCUT2D eigenvalue weighted by atomic mass is 10.2. The third-order valence-electron chi connectivity index (χ3n) is 2.33. The quantitative estimate of drug-likeness (QED) is 0.772. The van der Waals surface area contributed by atoms with Gasteiger partial charge in [-0.05, 0) is 23.1 Å². The van der Waals surface area contributed by atoms with Crippen LogP contribution in [0.2, 0.25) is 0 Å². The molecule has 0 amide bonds. The van der Waals surface area contributed by atoms with Crippen molar-refractivity contribution in [1.29, 1.82) is 0 Å². The van der Waals surface area contributed by atoms with E-state index in [4.69, 9.17) is 4.52 Å². The molecular formula is C12H18O3P+. The van der Waals surface area contributed by atoms with E-state index in [1.54, 1.807) is 31.2 Å². The molecule has 0 aliphatic rings. The average Bonchev–Trinajstić information content (AvgIpc) is 2.28. The van der Waals surface area contributed by atoms with Gasteiger partial charge >= 0.3 is 13.4 Å². The molecule has 16 heavy (non-hydrogen) atoms. The number of hydrogen-bond acceptors (Lipinski definition) is 3. The van der Waals surface area contributed by atoms with Crippen LogP contribution in [0.15, 0.2) is 30.3 Å². The van der Waals surface area contributed by atoms with E-state index >= 15 is 0 Å². The molecule has 88 valence electrons. The molecular weight excluding hydrogens is 223 g/mol. The van der Waals surface area contributed by atoms with E-state index in [-0.39, 0.29) is 0 Å². The van der Waals surface area contributed by atoms with Gasteiger partial charge in [-0.3, -0.25) is 4.52 Å². The molecule has 1 aromatic carbocycles. The van der Waals surface area contributed by atoms with E-state index in [1.165, 1.54) is 0 Å². The Bertz CT molecular complexity index is 335. The summed E-state index contributed by atoms with van der Waals surface area (Å²) in [5, 5.41) is 8.72. The SMILES string of the molecule is CCCCC(C)(O)[P+](=O)Oc1ccccc1. The fraction of sp³-hybridized carbons (Fsp3) is 0.500. The fourth-order valence-corrected chi connectivity index (χ4v) is 2.13. The van der Waals surface area contributed by atoms with Crippen molar-refractivity contribution in [3.8, 4) is 5.75 Å². The van der Waals surface area contributed by atoms with Gasteiger partial charge in [0.05, 0.1) is 0 Å². The van der Waals surface area contributed by atoms with Crippen LogP contribution < -0.4 is 4.52 Å². The highest BCUT2D eigenvalue weighted by molar-refractivity contribution is 7.41. The highest BCUT2D eigenvalue weighted by Gasteiger charge is 2.45. The number of para-hydroxylation sites is 1. The normalized spacial score (nSPS) is 15.3. The monoisotopic (exact) mass is 241 g/mol. The Morgan fingerprint density at radius 1 is 1.38 bits per heavy atom. The minimum Gasteiger partial charge on any atom is -0.346 e. The van der Waals surface area contributed by atoms with Gasteiger partial charge in [0.2, 0.25) is 0 Å². The van der Waals surface area contributed by atoms with E-state index in [9.17, 15) is 9.67 Å². The summed E-state index contributed by atoms with van der Waals surface area (Å²) in [6.45, 7) is 3.59. The third-order valence-corrected chi connectivity index (χ3v) is 3.72.